The number of anilines is 1. The van der Waals surface area contributed by atoms with Gasteiger partial charge in [0.2, 0.25) is 11.8 Å². The number of carbonyl (C=O) groups excluding carboxylic acids is 1. The van der Waals surface area contributed by atoms with Crippen molar-refractivity contribution in [1.29, 1.82) is 0 Å². The Balaban J connectivity index is 1.92. The molecule has 0 atom stereocenters. The molecule has 10 heteroatoms. The fraction of sp³-hybridized carbons (Fsp3) is 0.125. The number of nitrogens with one attached hydrogen (secondary N) is 1. The number of hydrogen-bond donors (Lipinski definition) is 2. The van der Waals surface area contributed by atoms with Gasteiger partial charge in [0.25, 0.3) is 5.91 Å². The Morgan fingerprint density at radius 2 is 1.92 bits per heavy atom. The molecule has 0 aliphatic rings. The van der Waals surface area contributed by atoms with Gasteiger partial charge >= 0.3 is 6.18 Å². The van der Waals surface area contributed by atoms with E-state index < -0.39 is 23.5 Å². The highest BCUT2D eigenvalue weighted by molar-refractivity contribution is 6.07. The number of hydrogen-bond acceptors (Lipinski definition) is 6. The smallest absolute Gasteiger partial charge is 0.416 e. The van der Waals surface area contributed by atoms with E-state index >= 15 is 0 Å². The lowest BCUT2D eigenvalue weighted by Gasteiger charge is -2.10. The molecule has 2 N–H and O–H groups in total. The van der Waals surface area contributed by atoms with Crippen molar-refractivity contribution in [2.45, 2.75) is 6.18 Å². The zero-order chi connectivity index (χ0) is 18.9. The van der Waals surface area contributed by atoms with Gasteiger partial charge in [-0.15, -0.1) is 10.2 Å². The first kappa shape index (κ1) is 17.4. The number of alkyl halides is 3. The van der Waals surface area contributed by atoms with Crippen molar-refractivity contribution in [3.05, 3.63) is 47.7 Å². The van der Waals surface area contributed by atoms with Gasteiger partial charge in [0.1, 0.15) is 5.82 Å². The standard InChI is InChI=1S/C16H11F3N4O3/c1-26-15-10-3-2-8(6-11(10)14(25)22-23-15)13(24)21-12-7-9(4-5-20-12)16(17,18)19/h2-7H,1H3,(H,22,25)(H,20,21,24). The number of benzene rings is 1. The Hall–Kier alpha value is -3.43. The number of rotatable bonds is 3. The van der Waals surface area contributed by atoms with Crippen molar-refractivity contribution in [2.24, 2.45) is 0 Å². The van der Waals surface area contributed by atoms with Crippen molar-refractivity contribution in [2.75, 3.05) is 12.4 Å². The second kappa shape index (κ2) is 6.47. The number of nitrogens with zero attached hydrogens (tertiary/aromatic N) is 3. The first-order valence-corrected chi connectivity index (χ1v) is 7.17. The molecule has 2 heterocycles. The molecule has 1 aromatic carbocycles. The van der Waals surface area contributed by atoms with Crippen molar-refractivity contribution in [1.82, 2.24) is 15.2 Å². The van der Waals surface area contributed by atoms with Crippen molar-refractivity contribution >= 4 is 22.5 Å². The zero-order valence-electron chi connectivity index (χ0n) is 13.2. The van der Waals surface area contributed by atoms with Crippen LogP contribution in [0.2, 0.25) is 0 Å². The van der Waals surface area contributed by atoms with E-state index in [0.717, 1.165) is 18.3 Å². The van der Waals surface area contributed by atoms with Crippen LogP contribution in [0.25, 0.3) is 10.8 Å². The van der Waals surface area contributed by atoms with Crippen molar-refractivity contribution in [3.63, 3.8) is 0 Å². The van der Waals surface area contributed by atoms with Crippen LogP contribution >= 0.6 is 0 Å². The minimum Gasteiger partial charge on any atom is -0.492 e. The van der Waals surface area contributed by atoms with E-state index in [1.54, 1.807) is 0 Å². The molecular weight excluding hydrogens is 353 g/mol. The molecule has 0 bridgehead atoms. The second-order valence-electron chi connectivity index (χ2n) is 5.17. The number of aromatic nitrogens is 3. The summed E-state index contributed by atoms with van der Waals surface area (Å²) in [5.41, 5.74) is -0.846. The Bertz CT molecular complexity index is 992. The third-order valence-corrected chi connectivity index (χ3v) is 3.51. The Kier molecular flexibility index (Phi) is 4.33. The highest BCUT2D eigenvalue weighted by Crippen LogP contribution is 2.31. The Morgan fingerprint density at radius 3 is 2.62 bits per heavy atom. The maximum atomic E-state index is 12.7. The van der Waals surface area contributed by atoms with Crippen LogP contribution in [0.15, 0.2) is 36.5 Å². The van der Waals surface area contributed by atoms with E-state index in [1.165, 1.54) is 25.3 Å². The van der Waals surface area contributed by atoms with Gasteiger partial charge < -0.3 is 15.2 Å². The highest BCUT2D eigenvalue weighted by Gasteiger charge is 2.30. The first-order chi connectivity index (χ1) is 12.3. The molecule has 0 fully saturated rings. The minimum atomic E-state index is -4.55. The predicted octanol–water partition coefficient (Wildman–Crippen LogP) is 3.01. The molecule has 0 saturated carbocycles. The molecule has 134 valence electrons. The Labute approximate surface area is 144 Å². The number of methoxy groups -OCH3 is 1. The molecule has 7 nitrogen and oxygen atoms in total. The fourth-order valence-corrected chi connectivity index (χ4v) is 2.27. The van der Waals surface area contributed by atoms with Gasteiger partial charge in [-0.05, 0) is 30.3 Å². The topological polar surface area (TPSA) is 97.2 Å². The maximum Gasteiger partial charge on any atom is 0.416 e. The molecular formula is C16H11F3N4O3. The first-order valence-electron chi connectivity index (χ1n) is 7.17. The lowest BCUT2D eigenvalue weighted by Crippen LogP contribution is -2.14. The summed E-state index contributed by atoms with van der Waals surface area (Å²) < 4.78 is 43.2. The van der Waals surface area contributed by atoms with E-state index in [9.17, 15) is 23.1 Å². The van der Waals surface area contributed by atoms with Crippen LogP contribution in [-0.2, 0) is 6.18 Å². The molecule has 0 unspecified atom stereocenters. The van der Waals surface area contributed by atoms with E-state index in [1.807, 2.05) is 0 Å². The van der Waals surface area contributed by atoms with Gasteiger partial charge in [0, 0.05) is 11.8 Å². The summed E-state index contributed by atoms with van der Waals surface area (Å²) in [6.45, 7) is 0. The van der Waals surface area contributed by atoms with Gasteiger partial charge in [-0.2, -0.15) is 13.2 Å². The summed E-state index contributed by atoms with van der Waals surface area (Å²) >= 11 is 0. The second-order valence-corrected chi connectivity index (χ2v) is 5.17. The monoisotopic (exact) mass is 364 g/mol. The van der Waals surface area contributed by atoms with E-state index in [-0.39, 0.29) is 22.6 Å². The highest BCUT2D eigenvalue weighted by atomic mass is 19.4. The maximum absolute atomic E-state index is 12.7. The molecule has 0 saturated heterocycles. The molecule has 1 amide bonds. The van der Waals surface area contributed by atoms with Gasteiger partial charge in [0.05, 0.1) is 23.4 Å². The summed E-state index contributed by atoms with van der Waals surface area (Å²) in [6.07, 6.45) is -3.60. The van der Waals surface area contributed by atoms with Gasteiger partial charge in [-0.25, -0.2) is 4.98 Å². The predicted molar refractivity (Wildman–Crippen MR) is 84.9 cm³/mol. The number of amides is 1. The number of halogens is 3. The van der Waals surface area contributed by atoms with Crippen LogP contribution in [0.5, 0.6) is 11.8 Å². The van der Waals surface area contributed by atoms with Gasteiger partial charge in [0.15, 0.2) is 0 Å². The van der Waals surface area contributed by atoms with Crippen LogP contribution < -0.4 is 10.1 Å². The van der Waals surface area contributed by atoms with Crippen molar-refractivity contribution in [3.8, 4) is 11.8 Å². The Morgan fingerprint density at radius 1 is 1.15 bits per heavy atom. The third-order valence-electron chi connectivity index (χ3n) is 3.51. The number of carbonyl (C=O) groups is 1. The third kappa shape index (κ3) is 3.34. The summed E-state index contributed by atoms with van der Waals surface area (Å²) in [7, 11) is 1.38. The van der Waals surface area contributed by atoms with Crippen LogP contribution in [0, 0.1) is 0 Å². The number of aromatic hydroxyl groups is 1. The molecule has 0 aliphatic carbocycles. The van der Waals surface area contributed by atoms with Gasteiger partial charge in [-0.1, -0.05) is 0 Å². The quantitative estimate of drug-likeness (QED) is 0.742. The molecule has 3 rings (SSSR count). The number of ether oxygens (including phenoxy) is 1. The summed E-state index contributed by atoms with van der Waals surface area (Å²) in [5.74, 6) is -1.20. The summed E-state index contributed by atoms with van der Waals surface area (Å²) in [5, 5.41) is 19.9. The van der Waals surface area contributed by atoms with E-state index in [4.69, 9.17) is 4.74 Å². The molecule has 2 aromatic heterocycles. The lowest BCUT2D eigenvalue weighted by atomic mass is 10.1. The SMILES string of the molecule is COc1nnc(O)c2cc(C(=O)Nc3cc(C(F)(F)F)ccn3)ccc12. The van der Waals surface area contributed by atoms with Crippen molar-refractivity contribution < 1.29 is 27.8 Å². The average Bonchev–Trinajstić information content (AvgIpc) is 2.61. The minimum absolute atomic E-state index is 0.0852. The molecule has 3 aromatic rings. The van der Waals surface area contributed by atoms with E-state index in [0.29, 0.717) is 5.39 Å². The van der Waals surface area contributed by atoms with Crippen LogP contribution in [0.4, 0.5) is 19.0 Å². The molecule has 26 heavy (non-hydrogen) atoms. The summed E-state index contributed by atoms with van der Waals surface area (Å²) in [4.78, 5) is 16.0. The number of pyridine rings is 1. The number of fused-ring (bicyclic) bond motifs is 1. The largest absolute Gasteiger partial charge is 0.492 e. The van der Waals surface area contributed by atoms with E-state index in [2.05, 4.69) is 20.5 Å². The molecule has 0 aliphatic heterocycles. The average molecular weight is 364 g/mol. The molecule has 0 radical (unpaired) electrons. The van der Waals surface area contributed by atoms with Crippen LogP contribution in [-0.4, -0.2) is 33.3 Å². The van der Waals surface area contributed by atoms with Gasteiger partial charge in [-0.3, -0.25) is 4.79 Å². The molecule has 0 spiro atoms. The zero-order valence-corrected chi connectivity index (χ0v) is 13.2. The normalized spacial score (nSPS) is 11.4. The lowest BCUT2D eigenvalue weighted by molar-refractivity contribution is -0.137. The summed E-state index contributed by atoms with van der Waals surface area (Å²) in [6, 6.07) is 5.75. The van der Waals surface area contributed by atoms with Crippen LogP contribution in [0.1, 0.15) is 15.9 Å². The fourth-order valence-electron chi connectivity index (χ4n) is 2.27. The van der Waals surface area contributed by atoms with Crippen LogP contribution in [0.3, 0.4) is 0 Å².